The average molecular weight is 315 g/mol. The molecular formula is C18H19ClN2O. The molecule has 1 aromatic heterocycles. The van der Waals surface area contributed by atoms with Crippen molar-refractivity contribution in [2.75, 3.05) is 6.61 Å². The molecule has 0 radical (unpaired) electrons. The Labute approximate surface area is 137 Å². The smallest absolute Gasteiger partial charge is 0.182 e. The highest BCUT2D eigenvalue weighted by atomic mass is 35.5. The van der Waals surface area contributed by atoms with E-state index in [4.69, 9.17) is 10.00 Å². The van der Waals surface area contributed by atoms with Crippen LogP contribution in [0.2, 0.25) is 0 Å². The van der Waals surface area contributed by atoms with Crippen molar-refractivity contribution < 1.29 is 21.7 Å². The number of hydrogen-bond donors (Lipinski definition) is 0. The van der Waals surface area contributed by atoms with Crippen molar-refractivity contribution in [3.8, 4) is 11.8 Å². The van der Waals surface area contributed by atoms with Crippen molar-refractivity contribution in [2.24, 2.45) is 0 Å². The van der Waals surface area contributed by atoms with Crippen LogP contribution in [0.1, 0.15) is 29.5 Å². The summed E-state index contributed by atoms with van der Waals surface area (Å²) in [6.45, 7) is 1.43. The SMILES string of the molecule is N#Cc1cccc(OCC[n+]2ccc3c(c2)CCCC3)c1.[Cl-]. The highest BCUT2D eigenvalue weighted by Crippen LogP contribution is 2.18. The maximum Gasteiger partial charge on any atom is 0.182 e. The number of pyridine rings is 1. The van der Waals surface area contributed by atoms with Gasteiger partial charge in [-0.05, 0) is 49.4 Å². The van der Waals surface area contributed by atoms with Crippen LogP contribution in [0.5, 0.6) is 5.75 Å². The molecule has 3 nitrogen and oxygen atoms in total. The third-order valence-electron chi connectivity index (χ3n) is 3.92. The van der Waals surface area contributed by atoms with E-state index in [1.807, 2.05) is 12.1 Å². The second kappa shape index (κ2) is 7.82. The molecule has 0 aliphatic heterocycles. The van der Waals surface area contributed by atoms with Gasteiger partial charge in [0, 0.05) is 11.6 Å². The lowest BCUT2D eigenvalue weighted by molar-refractivity contribution is -0.698. The van der Waals surface area contributed by atoms with Crippen LogP contribution in [-0.2, 0) is 19.4 Å². The topological polar surface area (TPSA) is 36.9 Å². The van der Waals surface area contributed by atoms with Gasteiger partial charge in [0.25, 0.3) is 0 Å². The summed E-state index contributed by atoms with van der Waals surface area (Å²) in [5.74, 6) is 0.757. The number of hydrogen-bond acceptors (Lipinski definition) is 2. The van der Waals surface area contributed by atoms with Crippen LogP contribution in [-0.4, -0.2) is 6.61 Å². The summed E-state index contributed by atoms with van der Waals surface area (Å²) in [5.41, 5.74) is 3.62. The molecule has 0 bridgehead atoms. The third-order valence-corrected chi connectivity index (χ3v) is 3.92. The number of ether oxygens (including phenoxy) is 1. The molecule has 0 saturated heterocycles. The largest absolute Gasteiger partial charge is 1.00 e. The summed E-state index contributed by atoms with van der Waals surface area (Å²) < 4.78 is 7.92. The quantitative estimate of drug-likeness (QED) is 0.734. The van der Waals surface area contributed by atoms with Crippen LogP contribution >= 0.6 is 0 Å². The number of aryl methyl sites for hydroxylation is 2. The predicted octanol–water partition coefficient (Wildman–Crippen LogP) is -0.192. The molecule has 3 rings (SSSR count). The molecule has 1 aliphatic carbocycles. The standard InChI is InChI=1S/C18H19N2O.ClH/c19-13-15-4-3-7-18(12-15)21-11-10-20-9-8-16-5-1-2-6-17(16)14-20;/h3-4,7-9,12,14H,1-2,5-6,10-11H2;1H/q+1;/p-1. The Morgan fingerprint density at radius 3 is 2.77 bits per heavy atom. The van der Waals surface area contributed by atoms with Gasteiger partial charge in [0.1, 0.15) is 12.4 Å². The molecule has 2 aromatic rings. The summed E-state index contributed by atoms with van der Waals surface area (Å²) in [6, 6.07) is 11.7. The molecular weight excluding hydrogens is 296 g/mol. The van der Waals surface area contributed by atoms with Gasteiger partial charge in [0.15, 0.2) is 18.9 Å². The second-order valence-corrected chi connectivity index (χ2v) is 5.43. The summed E-state index contributed by atoms with van der Waals surface area (Å²) in [4.78, 5) is 0. The molecule has 0 spiro atoms. The molecule has 1 aliphatic rings. The first kappa shape index (κ1) is 16.3. The van der Waals surface area contributed by atoms with Crippen LogP contribution in [0.25, 0.3) is 0 Å². The molecule has 4 heteroatoms. The number of rotatable bonds is 4. The highest BCUT2D eigenvalue weighted by molar-refractivity contribution is 5.36. The van der Waals surface area contributed by atoms with Crippen molar-refractivity contribution in [3.63, 3.8) is 0 Å². The average Bonchev–Trinajstić information content (AvgIpc) is 2.55. The summed E-state index contributed by atoms with van der Waals surface area (Å²) in [6.07, 6.45) is 9.42. The lowest BCUT2D eigenvalue weighted by atomic mass is 9.93. The van der Waals surface area contributed by atoms with Crippen molar-refractivity contribution in [2.45, 2.75) is 32.2 Å². The predicted molar refractivity (Wildman–Crippen MR) is 79.9 cm³/mol. The van der Waals surface area contributed by atoms with Crippen LogP contribution in [0.4, 0.5) is 0 Å². The van der Waals surface area contributed by atoms with E-state index in [1.165, 1.54) is 36.8 Å². The molecule has 0 unspecified atom stereocenters. The van der Waals surface area contributed by atoms with E-state index < -0.39 is 0 Å². The van der Waals surface area contributed by atoms with Crippen molar-refractivity contribution in [1.82, 2.24) is 0 Å². The molecule has 22 heavy (non-hydrogen) atoms. The zero-order chi connectivity index (χ0) is 14.5. The maximum atomic E-state index is 8.87. The minimum absolute atomic E-state index is 0. The van der Waals surface area contributed by atoms with Gasteiger partial charge in [-0.2, -0.15) is 5.26 Å². The first-order valence-corrected chi connectivity index (χ1v) is 7.49. The zero-order valence-corrected chi connectivity index (χ0v) is 13.2. The fourth-order valence-corrected chi connectivity index (χ4v) is 2.78. The maximum absolute atomic E-state index is 8.87. The number of fused-ring (bicyclic) bond motifs is 1. The molecule has 0 saturated carbocycles. The van der Waals surface area contributed by atoms with Gasteiger partial charge < -0.3 is 17.1 Å². The fraction of sp³-hybridized carbons (Fsp3) is 0.333. The Balaban J connectivity index is 0.00000176. The number of nitriles is 1. The van der Waals surface area contributed by atoms with E-state index in [1.54, 1.807) is 12.1 Å². The first-order valence-electron chi connectivity index (χ1n) is 7.49. The van der Waals surface area contributed by atoms with E-state index in [0.29, 0.717) is 12.2 Å². The van der Waals surface area contributed by atoms with Gasteiger partial charge in [-0.1, -0.05) is 6.07 Å². The molecule has 114 valence electrons. The van der Waals surface area contributed by atoms with E-state index in [-0.39, 0.29) is 12.4 Å². The Morgan fingerprint density at radius 1 is 1.14 bits per heavy atom. The summed E-state index contributed by atoms with van der Waals surface area (Å²) in [5, 5.41) is 8.87. The molecule has 0 fully saturated rings. The van der Waals surface area contributed by atoms with E-state index in [2.05, 4.69) is 29.1 Å². The summed E-state index contributed by atoms with van der Waals surface area (Å²) in [7, 11) is 0. The summed E-state index contributed by atoms with van der Waals surface area (Å²) >= 11 is 0. The monoisotopic (exact) mass is 314 g/mol. The third kappa shape index (κ3) is 3.99. The van der Waals surface area contributed by atoms with Crippen LogP contribution in [0.3, 0.4) is 0 Å². The lowest BCUT2D eigenvalue weighted by Gasteiger charge is -2.13. The Hall–Kier alpha value is -2.05. The van der Waals surface area contributed by atoms with E-state index in [0.717, 1.165) is 12.3 Å². The molecule has 0 N–H and O–H groups in total. The highest BCUT2D eigenvalue weighted by Gasteiger charge is 2.13. The van der Waals surface area contributed by atoms with E-state index >= 15 is 0 Å². The number of aromatic nitrogens is 1. The normalized spacial score (nSPS) is 12.7. The zero-order valence-electron chi connectivity index (χ0n) is 12.5. The lowest BCUT2D eigenvalue weighted by Crippen LogP contribution is -3.00. The van der Waals surface area contributed by atoms with Crippen LogP contribution in [0.15, 0.2) is 42.7 Å². The number of benzene rings is 1. The second-order valence-electron chi connectivity index (χ2n) is 5.43. The molecule has 1 aromatic carbocycles. The van der Waals surface area contributed by atoms with Gasteiger partial charge >= 0.3 is 0 Å². The van der Waals surface area contributed by atoms with Crippen LogP contribution < -0.4 is 21.7 Å². The molecule has 0 atom stereocenters. The Kier molecular flexibility index (Phi) is 5.80. The fourth-order valence-electron chi connectivity index (χ4n) is 2.78. The minimum Gasteiger partial charge on any atom is -1.00 e. The van der Waals surface area contributed by atoms with E-state index in [9.17, 15) is 0 Å². The van der Waals surface area contributed by atoms with Gasteiger partial charge in [0.2, 0.25) is 0 Å². The first-order chi connectivity index (χ1) is 10.3. The minimum atomic E-state index is 0. The molecule has 1 heterocycles. The van der Waals surface area contributed by atoms with Crippen molar-refractivity contribution in [1.29, 1.82) is 5.26 Å². The number of halogens is 1. The van der Waals surface area contributed by atoms with Crippen LogP contribution in [0, 0.1) is 11.3 Å². The van der Waals surface area contributed by atoms with Gasteiger partial charge in [-0.25, -0.2) is 4.57 Å². The van der Waals surface area contributed by atoms with Gasteiger partial charge in [-0.3, -0.25) is 0 Å². The number of nitrogens with zero attached hydrogens (tertiary/aromatic N) is 2. The van der Waals surface area contributed by atoms with Gasteiger partial charge in [0.05, 0.1) is 11.6 Å². The Morgan fingerprint density at radius 2 is 1.95 bits per heavy atom. The van der Waals surface area contributed by atoms with Crippen molar-refractivity contribution >= 4 is 0 Å². The Bertz CT molecular complexity index is 679. The van der Waals surface area contributed by atoms with Crippen molar-refractivity contribution in [3.05, 3.63) is 59.4 Å². The van der Waals surface area contributed by atoms with Gasteiger partial charge in [-0.15, -0.1) is 0 Å². The molecule has 0 amide bonds.